The first-order valence-corrected chi connectivity index (χ1v) is 9.06. The molecule has 0 bridgehead atoms. The van der Waals surface area contributed by atoms with Gasteiger partial charge < -0.3 is 9.64 Å². The number of likely N-dealkylation sites (N-methyl/N-ethyl adjacent to an activating group) is 2. The Hall–Kier alpha value is -3.68. The highest BCUT2D eigenvalue weighted by molar-refractivity contribution is 6.03. The minimum Gasteiger partial charge on any atom is -0.345 e. The first-order valence-electron chi connectivity index (χ1n) is 9.06. The van der Waals surface area contributed by atoms with Gasteiger partial charge in [0, 0.05) is 14.1 Å². The van der Waals surface area contributed by atoms with E-state index in [0.717, 1.165) is 16.0 Å². The Morgan fingerprint density at radius 3 is 1.76 bits per heavy atom. The van der Waals surface area contributed by atoms with E-state index in [1.807, 2.05) is 0 Å². The van der Waals surface area contributed by atoms with Crippen LogP contribution in [0.4, 0.5) is 4.79 Å². The van der Waals surface area contributed by atoms with Gasteiger partial charge in [0.05, 0.1) is 23.3 Å². The zero-order valence-corrected chi connectivity index (χ0v) is 16.2. The van der Waals surface area contributed by atoms with E-state index in [1.54, 1.807) is 62.5 Å². The predicted molar refractivity (Wildman–Crippen MR) is 102 cm³/mol. The number of carbonyl (C=O) groups excluding carboxylic acids is 2. The fraction of sp³-hybridized carbons (Fsp3) is 0.273. The molecular formula is C22H18N4O3. The van der Waals surface area contributed by atoms with Gasteiger partial charge in [-0.3, -0.25) is 9.69 Å². The van der Waals surface area contributed by atoms with E-state index in [-0.39, 0.29) is 0 Å². The number of amides is 3. The van der Waals surface area contributed by atoms with Crippen molar-refractivity contribution in [1.29, 1.82) is 10.5 Å². The zero-order valence-electron chi connectivity index (χ0n) is 16.2. The molecule has 2 atom stereocenters. The van der Waals surface area contributed by atoms with E-state index in [1.165, 1.54) is 11.9 Å². The molecule has 7 heteroatoms. The lowest BCUT2D eigenvalue weighted by Crippen LogP contribution is -2.83. The summed E-state index contributed by atoms with van der Waals surface area (Å²) in [5.41, 5.74) is 0.128. The minimum atomic E-state index is -1.21. The number of rotatable bonds is 2. The van der Waals surface area contributed by atoms with Gasteiger partial charge in [-0.1, -0.05) is 24.3 Å². The van der Waals surface area contributed by atoms with Crippen LogP contribution in [0.25, 0.3) is 0 Å². The van der Waals surface area contributed by atoms with Crippen LogP contribution in [0.5, 0.6) is 0 Å². The van der Waals surface area contributed by atoms with Gasteiger partial charge in [-0.15, -0.1) is 0 Å². The lowest BCUT2D eigenvalue weighted by molar-refractivity contribution is -0.296. The number of nitrogens with zero attached hydrogens (tertiary/aromatic N) is 4. The molecule has 2 aromatic rings. The molecule has 0 unspecified atom stereocenters. The van der Waals surface area contributed by atoms with Crippen molar-refractivity contribution < 1.29 is 14.3 Å². The van der Waals surface area contributed by atoms with Crippen LogP contribution in [-0.2, 0) is 15.1 Å². The molecule has 3 amide bonds. The van der Waals surface area contributed by atoms with Crippen molar-refractivity contribution in [3.05, 3.63) is 70.8 Å². The quantitative estimate of drug-likeness (QED) is 0.789. The summed E-state index contributed by atoms with van der Waals surface area (Å²) in [5, 5.41) is 18.3. The van der Waals surface area contributed by atoms with Gasteiger partial charge in [0.15, 0.2) is 5.60 Å². The van der Waals surface area contributed by atoms with Crippen molar-refractivity contribution >= 4 is 11.9 Å². The summed E-state index contributed by atoms with van der Waals surface area (Å²) in [6.45, 7) is 1.69. The highest BCUT2D eigenvalue weighted by Gasteiger charge is 2.73. The summed E-state index contributed by atoms with van der Waals surface area (Å²) in [4.78, 5) is 28.2. The van der Waals surface area contributed by atoms with Gasteiger partial charge in [-0.05, 0) is 42.3 Å². The van der Waals surface area contributed by atoms with E-state index in [2.05, 4.69) is 12.1 Å². The van der Waals surface area contributed by atoms with Crippen LogP contribution in [0.15, 0.2) is 48.5 Å². The summed E-state index contributed by atoms with van der Waals surface area (Å²) in [6, 6.07) is 17.0. The number of ether oxygens (including phenoxy) is 1. The SMILES string of the molecule is CN1C(=O)N(C)[C@H]2C(c3ccc(C#N)cc3)(c3ccc(C#N)cc3)O[C@@]2(C)C1=O. The van der Waals surface area contributed by atoms with Crippen molar-refractivity contribution in [1.82, 2.24) is 9.80 Å². The molecule has 2 aliphatic heterocycles. The number of hydrogen-bond donors (Lipinski definition) is 0. The predicted octanol–water partition coefficient (Wildman–Crippen LogP) is 2.35. The molecule has 29 heavy (non-hydrogen) atoms. The molecule has 0 radical (unpaired) electrons. The maximum absolute atomic E-state index is 12.9. The number of carbonyl (C=O) groups is 2. The Balaban J connectivity index is 1.93. The first-order chi connectivity index (χ1) is 13.8. The minimum absolute atomic E-state index is 0.400. The number of urea groups is 1. The van der Waals surface area contributed by atoms with E-state index in [4.69, 9.17) is 15.3 Å². The van der Waals surface area contributed by atoms with Gasteiger partial charge >= 0.3 is 6.03 Å². The molecule has 0 spiro atoms. The second-order valence-electron chi connectivity index (χ2n) is 7.48. The van der Waals surface area contributed by atoms with Crippen LogP contribution in [0, 0.1) is 22.7 Å². The smallest absolute Gasteiger partial charge is 0.326 e. The third-order valence-electron chi connectivity index (χ3n) is 5.87. The van der Waals surface area contributed by atoms with Gasteiger partial charge in [0.2, 0.25) is 0 Å². The second-order valence-corrected chi connectivity index (χ2v) is 7.48. The molecule has 0 aliphatic carbocycles. The van der Waals surface area contributed by atoms with E-state index < -0.39 is 29.2 Å². The molecule has 4 rings (SSSR count). The highest BCUT2D eigenvalue weighted by Crippen LogP contribution is 2.57. The van der Waals surface area contributed by atoms with Crippen LogP contribution in [0.3, 0.4) is 0 Å². The summed E-state index contributed by atoms with van der Waals surface area (Å²) in [6.07, 6.45) is 0. The molecule has 0 aromatic heterocycles. The summed E-state index contributed by atoms with van der Waals surface area (Å²) >= 11 is 0. The van der Waals surface area contributed by atoms with Gasteiger partial charge in [-0.2, -0.15) is 10.5 Å². The first kappa shape index (κ1) is 18.7. The number of imide groups is 1. The van der Waals surface area contributed by atoms with Crippen LogP contribution >= 0.6 is 0 Å². The normalized spacial score (nSPS) is 24.9. The molecule has 2 aliphatic rings. The molecule has 2 fully saturated rings. The molecule has 0 saturated carbocycles. The van der Waals surface area contributed by atoms with E-state index >= 15 is 0 Å². The van der Waals surface area contributed by atoms with Crippen LogP contribution in [0.1, 0.15) is 29.2 Å². The largest absolute Gasteiger partial charge is 0.345 e. The van der Waals surface area contributed by atoms with Crippen LogP contribution in [-0.4, -0.2) is 47.5 Å². The number of hydrogen-bond acceptors (Lipinski definition) is 5. The standard InChI is InChI=1S/C22H18N4O3/c1-21-18(25(2)20(28)26(3)19(21)27)22(29-21,16-8-4-14(12-23)5-9-16)17-10-6-15(13-24)7-11-17/h4-11,18H,1-3H3/t18-,21-/m1/s1. The van der Waals surface area contributed by atoms with Gasteiger partial charge in [-0.25, -0.2) is 4.79 Å². The topological polar surface area (TPSA) is 97.4 Å². The maximum Gasteiger partial charge on any atom is 0.326 e. The molecule has 2 heterocycles. The Labute approximate surface area is 168 Å². The molecule has 144 valence electrons. The number of nitriles is 2. The second kappa shape index (κ2) is 6.16. The van der Waals surface area contributed by atoms with Gasteiger partial charge in [0.25, 0.3) is 5.91 Å². The van der Waals surface area contributed by atoms with Crippen molar-refractivity contribution in [2.24, 2.45) is 0 Å². The average Bonchev–Trinajstić information content (AvgIpc) is 2.74. The Morgan fingerprint density at radius 1 is 0.897 bits per heavy atom. The van der Waals surface area contributed by atoms with Gasteiger partial charge in [0.1, 0.15) is 11.6 Å². The Morgan fingerprint density at radius 2 is 1.34 bits per heavy atom. The van der Waals surface area contributed by atoms with E-state index in [0.29, 0.717) is 11.1 Å². The lowest BCUT2D eigenvalue weighted by atomic mass is 9.65. The average molecular weight is 386 g/mol. The fourth-order valence-corrected chi connectivity index (χ4v) is 4.53. The zero-order chi connectivity index (χ0) is 21.0. The lowest BCUT2D eigenvalue weighted by Gasteiger charge is -2.65. The van der Waals surface area contributed by atoms with Crippen molar-refractivity contribution in [2.45, 2.75) is 24.2 Å². The van der Waals surface area contributed by atoms with Crippen molar-refractivity contribution in [2.75, 3.05) is 14.1 Å². The third-order valence-corrected chi connectivity index (χ3v) is 5.87. The molecule has 2 aromatic carbocycles. The maximum atomic E-state index is 12.9. The summed E-state index contributed by atoms with van der Waals surface area (Å²) in [5.74, 6) is -0.400. The highest BCUT2D eigenvalue weighted by atomic mass is 16.6. The molecule has 0 N–H and O–H groups in total. The van der Waals surface area contributed by atoms with Crippen LogP contribution < -0.4 is 0 Å². The molecular weight excluding hydrogens is 368 g/mol. The molecule has 2 saturated heterocycles. The number of benzene rings is 2. The van der Waals surface area contributed by atoms with Crippen LogP contribution in [0.2, 0.25) is 0 Å². The van der Waals surface area contributed by atoms with E-state index in [9.17, 15) is 9.59 Å². The summed E-state index contributed by atoms with van der Waals surface area (Å²) in [7, 11) is 3.09. The Bertz CT molecular complexity index is 1040. The van der Waals surface area contributed by atoms with Crippen molar-refractivity contribution in [3.8, 4) is 12.1 Å². The summed E-state index contributed by atoms with van der Waals surface area (Å²) < 4.78 is 6.39. The number of fused-ring (bicyclic) bond motifs is 1. The third kappa shape index (κ3) is 2.32. The monoisotopic (exact) mass is 386 g/mol. The fourth-order valence-electron chi connectivity index (χ4n) is 4.53. The Kier molecular flexibility index (Phi) is 3.97. The van der Waals surface area contributed by atoms with Crippen molar-refractivity contribution in [3.63, 3.8) is 0 Å². The molecule has 7 nitrogen and oxygen atoms in total.